The van der Waals surface area contributed by atoms with Crippen molar-refractivity contribution in [2.24, 2.45) is 0 Å². The molecule has 0 saturated carbocycles. The highest BCUT2D eigenvalue weighted by molar-refractivity contribution is 5.92. The third kappa shape index (κ3) is 7.47. The summed E-state index contributed by atoms with van der Waals surface area (Å²) in [7, 11) is 0. The van der Waals surface area contributed by atoms with Gasteiger partial charge in [0.2, 0.25) is 0 Å². The summed E-state index contributed by atoms with van der Waals surface area (Å²) >= 11 is 0. The molecule has 0 radical (unpaired) electrons. The molecule has 0 saturated heterocycles. The molecule has 0 aliphatic carbocycles. The maximum atomic E-state index is 4.62. The number of aryl methyl sites for hydroxylation is 6. The third-order valence-electron chi connectivity index (χ3n) is 11.6. The summed E-state index contributed by atoms with van der Waals surface area (Å²) in [5, 5.41) is 0. The van der Waals surface area contributed by atoms with E-state index in [0.29, 0.717) is 0 Å². The van der Waals surface area contributed by atoms with E-state index in [1.807, 2.05) is 18.2 Å². The molecule has 6 aromatic carbocycles. The number of hydrogen-bond acceptors (Lipinski definition) is 7. The van der Waals surface area contributed by atoms with Gasteiger partial charge in [0.05, 0.1) is 17.1 Å². The van der Waals surface area contributed by atoms with E-state index in [9.17, 15) is 0 Å². The normalized spacial score (nSPS) is 11.1. The Morgan fingerprint density at radius 1 is 0.295 bits per heavy atom. The zero-order valence-corrected chi connectivity index (χ0v) is 35.2. The molecule has 7 nitrogen and oxygen atoms in total. The first kappa shape index (κ1) is 38.9. The number of rotatable bonds is 9. The predicted octanol–water partition coefficient (Wildman–Crippen LogP) is 13.4. The quantitative estimate of drug-likeness (QED) is 0.144. The smallest absolute Gasteiger partial charge is 0.116 e. The molecule has 9 aromatic rings. The van der Waals surface area contributed by atoms with Crippen LogP contribution in [-0.2, 0) is 0 Å². The van der Waals surface area contributed by atoms with Gasteiger partial charge in [0, 0.05) is 52.3 Å². The van der Waals surface area contributed by atoms with E-state index in [1.165, 1.54) is 33.4 Å². The lowest BCUT2D eigenvalue weighted by atomic mass is 9.89. The number of nitrogens with zero attached hydrogens (tertiary/aromatic N) is 7. The standard InChI is InChI=1S/C54H45N7/c1-34-28-52(37(4)25-46(34)40-13-7-10-16-43(40)49-19-22-55-31-58-49)61(53-29-35(2)47(26-38(53)5)41-14-8-11-17-44(41)50-20-23-56-32-59-50)54-30-36(3)48(27-39(54)6)42-15-9-12-18-45(42)51-21-24-57-33-60-51/h7-33H,1-6H3. The van der Waals surface area contributed by atoms with E-state index in [2.05, 4.69) is 186 Å². The minimum absolute atomic E-state index is 0.897. The largest absolute Gasteiger partial charge is 0.310 e. The number of anilines is 3. The summed E-state index contributed by atoms with van der Waals surface area (Å²) in [6.07, 6.45) is 10.2. The van der Waals surface area contributed by atoms with Gasteiger partial charge >= 0.3 is 0 Å². The Hall–Kier alpha value is -7.64. The minimum Gasteiger partial charge on any atom is -0.310 e. The number of hydrogen-bond donors (Lipinski definition) is 0. The lowest BCUT2D eigenvalue weighted by Crippen LogP contribution is -2.15. The van der Waals surface area contributed by atoms with Crippen LogP contribution in [0.25, 0.3) is 67.2 Å². The molecule has 7 heteroatoms. The van der Waals surface area contributed by atoms with Gasteiger partial charge in [-0.15, -0.1) is 0 Å². The Morgan fingerprint density at radius 3 is 0.836 bits per heavy atom. The van der Waals surface area contributed by atoms with Gasteiger partial charge in [-0.3, -0.25) is 0 Å². The van der Waals surface area contributed by atoms with Gasteiger partial charge in [0.1, 0.15) is 19.0 Å². The van der Waals surface area contributed by atoms with Crippen molar-refractivity contribution in [1.82, 2.24) is 29.9 Å². The van der Waals surface area contributed by atoms with Crippen LogP contribution in [0.2, 0.25) is 0 Å². The van der Waals surface area contributed by atoms with Gasteiger partial charge in [-0.25, -0.2) is 29.9 Å². The molecule has 3 aromatic heterocycles. The maximum Gasteiger partial charge on any atom is 0.116 e. The average Bonchev–Trinajstić information content (AvgIpc) is 3.30. The van der Waals surface area contributed by atoms with Crippen LogP contribution in [0.3, 0.4) is 0 Å². The Morgan fingerprint density at radius 2 is 0.574 bits per heavy atom. The van der Waals surface area contributed by atoms with E-state index < -0.39 is 0 Å². The molecule has 0 bridgehead atoms. The summed E-state index contributed by atoms with van der Waals surface area (Å²) in [5.74, 6) is 0. The fraction of sp³-hybridized carbons (Fsp3) is 0.111. The summed E-state index contributed by atoms with van der Waals surface area (Å²) in [6.45, 7) is 13.3. The number of aromatic nitrogens is 6. The van der Waals surface area contributed by atoms with Crippen molar-refractivity contribution in [2.75, 3.05) is 4.90 Å². The molecule has 3 heterocycles. The molecule has 0 N–H and O–H groups in total. The van der Waals surface area contributed by atoms with Crippen molar-refractivity contribution >= 4 is 17.1 Å². The van der Waals surface area contributed by atoms with Crippen molar-refractivity contribution < 1.29 is 0 Å². The lowest BCUT2D eigenvalue weighted by Gasteiger charge is -2.32. The molecule has 0 amide bonds. The van der Waals surface area contributed by atoms with Crippen LogP contribution in [0, 0.1) is 41.5 Å². The average molecular weight is 792 g/mol. The van der Waals surface area contributed by atoms with Crippen LogP contribution >= 0.6 is 0 Å². The van der Waals surface area contributed by atoms with Crippen molar-refractivity contribution in [3.05, 3.63) is 198 Å². The molecule has 296 valence electrons. The Labute approximate surface area is 357 Å². The summed E-state index contributed by atoms with van der Waals surface area (Å²) in [5.41, 5.74) is 23.2. The van der Waals surface area contributed by atoms with Crippen molar-refractivity contribution in [3.8, 4) is 67.2 Å². The summed E-state index contributed by atoms with van der Waals surface area (Å²) in [4.78, 5) is 28.8. The first-order valence-electron chi connectivity index (χ1n) is 20.5. The Kier molecular flexibility index (Phi) is 10.5. The highest BCUT2D eigenvalue weighted by Gasteiger charge is 2.24. The van der Waals surface area contributed by atoms with Gasteiger partial charge < -0.3 is 4.90 Å². The first-order valence-corrected chi connectivity index (χ1v) is 20.5. The SMILES string of the molecule is Cc1cc(N(c2cc(C)c(-c3ccccc3-c3ccncn3)cc2C)c2cc(C)c(-c3ccccc3-c3ccncn3)cc2C)c(C)cc1-c1ccccc1-c1ccncn1. The maximum absolute atomic E-state index is 4.62. The molecule has 0 spiro atoms. The van der Waals surface area contributed by atoms with Crippen LogP contribution < -0.4 is 4.90 Å². The van der Waals surface area contributed by atoms with Crippen LogP contribution in [-0.4, -0.2) is 29.9 Å². The molecule has 0 aliphatic heterocycles. The van der Waals surface area contributed by atoms with Crippen molar-refractivity contribution in [1.29, 1.82) is 0 Å². The van der Waals surface area contributed by atoms with E-state index in [-0.39, 0.29) is 0 Å². The van der Waals surface area contributed by atoms with Crippen molar-refractivity contribution in [2.45, 2.75) is 41.5 Å². The van der Waals surface area contributed by atoms with Crippen LogP contribution in [0.4, 0.5) is 17.1 Å². The number of benzene rings is 6. The first-order chi connectivity index (χ1) is 29.8. The third-order valence-corrected chi connectivity index (χ3v) is 11.6. The van der Waals surface area contributed by atoms with Gasteiger partial charge in [0.25, 0.3) is 0 Å². The fourth-order valence-corrected chi connectivity index (χ4v) is 8.56. The molecule has 0 atom stereocenters. The second kappa shape index (κ2) is 16.5. The van der Waals surface area contributed by atoms with Crippen LogP contribution in [0.15, 0.2) is 165 Å². The molecular formula is C54H45N7. The zero-order valence-electron chi connectivity index (χ0n) is 35.2. The fourth-order valence-electron chi connectivity index (χ4n) is 8.56. The van der Waals surface area contributed by atoms with E-state index in [1.54, 1.807) is 37.6 Å². The molecule has 0 fully saturated rings. The van der Waals surface area contributed by atoms with Gasteiger partial charge in [-0.05, 0) is 163 Å². The van der Waals surface area contributed by atoms with Crippen molar-refractivity contribution in [3.63, 3.8) is 0 Å². The predicted molar refractivity (Wildman–Crippen MR) is 249 cm³/mol. The lowest BCUT2D eigenvalue weighted by molar-refractivity contribution is 1.17. The molecule has 9 rings (SSSR count). The van der Waals surface area contributed by atoms with E-state index >= 15 is 0 Å². The van der Waals surface area contributed by atoms with Crippen LogP contribution in [0.5, 0.6) is 0 Å². The monoisotopic (exact) mass is 791 g/mol. The molecular weight excluding hydrogens is 747 g/mol. The van der Waals surface area contributed by atoms with Crippen LogP contribution in [0.1, 0.15) is 33.4 Å². The van der Waals surface area contributed by atoms with E-state index in [0.717, 1.165) is 84.2 Å². The van der Waals surface area contributed by atoms with E-state index in [4.69, 9.17) is 0 Å². The molecule has 0 unspecified atom stereocenters. The minimum atomic E-state index is 0.897. The topological polar surface area (TPSA) is 80.6 Å². The van der Waals surface area contributed by atoms with Gasteiger partial charge in [-0.1, -0.05) is 72.8 Å². The highest BCUT2D eigenvalue weighted by Crippen LogP contribution is 2.47. The molecule has 0 aliphatic rings. The highest BCUT2D eigenvalue weighted by atomic mass is 15.1. The van der Waals surface area contributed by atoms with Gasteiger partial charge in [-0.2, -0.15) is 0 Å². The molecule has 61 heavy (non-hydrogen) atoms. The second-order valence-corrected chi connectivity index (χ2v) is 15.6. The van der Waals surface area contributed by atoms with Gasteiger partial charge in [0.15, 0.2) is 0 Å². The summed E-state index contributed by atoms with van der Waals surface area (Å²) < 4.78 is 0. The zero-order chi connectivity index (χ0) is 42.0. The second-order valence-electron chi connectivity index (χ2n) is 15.6. The Balaban J connectivity index is 1.23. The Bertz CT molecular complexity index is 2710. The summed E-state index contributed by atoms with van der Waals surface area (Å²) in [6, 6.07) is 45.5.